The van der Waals surface area contributed by atoms with E-state index in [0.717, 1.165) is 12.8 Å². The van der Waals surface area contributed by atoms with Crippen LogP contribution in [0.1, 0.15) is 103 Å². The summed E-state index contributed by atoms with van der Waals surface area (Å²) in [6.45, 7) is 2.31. The molecular formula is C21H44O4. The van der Waals surface area contributed by atoms with Crippen molar-refractivity contribution in [2.24, 2.45) is 0 Å². The van der Waals surface area contributed by atoms with Crippen LogP contribution in [0.5, 0.6) is 0 Å². The largest absolute Gasteiger partial charge is 0.394 e. The zero-order valence-electron chi connectivity index (χ0n) is 16.6. The number of aliphatic hydroxyl groups is 3. The van der Waals surface area contributed by atoms with Crippen LogP contribution in [0.2, 0.25) is 0 Å². The first-order valence-corrected chi connectivity index (χ1v) is 10.8. The van der Waals surface area contributed by atoms with Gasteiger partial charge in [0.15, 0.2) is 0 Å². The van der Waals surface area contributed by atoms with Gasteiger partial charge in [0, 0.05) is 0 Å². The molecule has 2 atom stereocenters. The molecule has 0 aromatic rings. The minimum absolute atomic E-state index is 0.0896. The van der Waals surface area contributed by atoms with Gasteiger partial charge in [-0.25, -0.2) is 0 Å². The number of rotatable bonds is 20. The van der Waals surface area contributed by atoms with E-state index in [-0.39, 0.29) is 19.8 Å². The molecule has 25 heavy (non-hydrogen) atoms. The van der Waals surface area contributed by atoms with Crippen LogP contribution in [0.15, 0.2) is 0 Å². The zero-order chi connectivity index (χ0) is 18.6. The van der Waals surface area contributed by atoms with Gasteiger partial charge in [-0.3, -0.25) is 0 Å². The van der Waals surface area contributed by atoms with Crippen molar-refractivity contribution < 1.29 is 20.1 Å². The van der Waals surface area contributed by atoms with Crippen molar-refractivity contribution in [2.45, 2.75) is 115 Å². The van der Waals surface area contributed by atoms with Crippen molar-refractivity contribution in [2.75, 3.05) is 19.8 Å². The molecule has 0 saturated heterocycles. The highest BCUT2D eigenvalue weighted by Crippen LogP contribution is 2.13. The normalized spacial score (nSPS) is 13.9. The maximum absolute atomic E-state index is 9.76. The third-order valence-electron chi connectivity index (χ3n) is 4.72. The van der Waals surface area contributed by atoms with Gasteiger partial charge in [-0.05, 0) is 6.42 Å². The monoisotopic (exact) mass is 360 g/mol. The van der Waals surface area contributed by atoms with Crippen LogP contribution in [0.3, 0.4) is 0 Å². The predicted molar refractivity (Wildman–Crippen MR) is 105 cm³/mol. The van der Waals surface area contributed by atoms with Crippen LogP contribution in [0.25, 0.3) is 0 Å². The molecule has 0 saturated carbocycles. The Balaban J connectivity index is 3.13. The summed E-state index contributed by atoms with van der Waals surface area (Å²) in [5, 5.41) is 27.5. The average molecular weight is 361 g/mol. The highest BCUT2D eigenvalue weighted by molar-refractivity contribution is 4.57. The van der Waals surface area contributed by atoms with Crippen molar-refractivity contribution in [3.8, 4) is 0 Å². The van der Waals surface area contributed by atoms with Crippen LogP contribution in [0, 0.1) is 0 Å². The molecule has 0 aliphatic heterocycles. The molecule has 0 rings (SSSR count). The fourth-order valence-corrected chi connectivity index (χ4v) is 3.05. The van der Waals surface area contributed by atoms with Crippen LogP contribution in [0.4, 0.5) is 0 Å². The molecule has 0 radical (unpaired) electrons. The minimum atomic E-state index is -0.840. The van der Waals surface area contributed by atoms with Gasteiger partial charge in [0.25, 0.3) is 0 Å². The van der Waals surface area contributed by atoms with Gasteiger partial charge in [-0.1, -0.05) is 96.8 Å². The van der Waals surface area contributed by atoms with Gasteiger partial charge in [0.2, 0.25) is 0 Å². The lowest BCUT2D eigenvalue weighted by molar-refractivity contribution is -0.0262. The van der Waals surface area contributed by atoms with E-state index < -0.39 is 12.2 Å². The van der Waals surface area contributed by atoms with Gasteiger partial charge < -0.3 is 20.1 Å². The third-order valence-corrected chi connectivity index (χ3v) is 4.72. The summed E-state index contributed by atoms with van der Waals surface area (Å²) in [5.41, 5.74) is 0. The Bertz CT molecular complexity index is 248. The Morgan fingerprint density at radius 3 is 1.44 bits per heavy atom. The van der Waals surface area contributed by atoms with Crippen molar-refractivity contribution in [1.29, 1.82) is 0 Å². The maximum Gasteiger partial charge on any atom is 0.100 e. The van der Waals surface area contributed by atoms with Crippen LogP contribution in [-0.4, -0.2) is 47.3 Å². The molecule has 0 spiro atoms. The average Bonchev–Trinajstić information content (AvgIpc) is 2.61. The molecule has 4 heteroatoms. The Kier molecular flexibility index (Phi) is 20.0. The number of ether oxygens (including phenoxy) is 1. The lowest BCUT2D eigenvalue weighted by atomic mass is 10.0. The summed E-state index contributed by atoms with van der Waals surface area (Å²) in [6.07, 6.45) is 18.2. The lowest BCUT2D eigenvalue weighted by Gasteiger charge is -2.13. The minimum Gasteiger partial charge on any atom is -0.394 e. The fourth-order valence-electron chi connectivity index (χ4n) is 3.05. The van der Waals surface area contributed by atoms with Gasteiger partial charge in [0.1, 0.15) is 6.10 Å². The van der Waals surface area contributed by atoms with Crippen LogP contribution < -0.4 is 0 Å². The van der Waals surface area contributed by atoms with E-state index >= 15 is 0 Å². The molecule has 0 aliphatic rings. The van der Waals surface area contributed by atoms with E-state index in [1.54, 1.807) is 0 Å². The number of hydrogen-bond donors (Lipinski definition) is 3. The van der Waals surface area contributed by atoms with Crippen molar-refractivity contribution >= 4 is 0 Å². The van der Waals surface area contributed by atoms with Crippen molar-refractivity contribution in [1.82, 2.24) is 0 Å². The summed E-state index contributed by atoms with van der Waals surface area (Å²) < 4.78 is 5.16. The Hall–Kier alpha value is -0.160. The SMILES string of the molecule is CCCCCCCCCCCCCCCC[C@@H](O)COC[C@@H](O)CO. The van der Waals surface area contributed by atoms with Gasteiger partial charge in [-0.15, -0.1) is 0 Å². The first-order chi connectivity index (χ1) is 12.2. The zero-order valence-corrected chi connectivity index (χ0v) is 16.6. The molecular weight excluding hydrogens is 316 g/mol. The van der Waals surface area contributed by atoms with Crippen LogP contribution >= 0.6 is 0 Å². The molecule has 152 valence electrons. The molecule has 0 bridgehead atoms. The summed E-state index contributed by atoms with van der Waals surface area (Å²) >= 11 is 0. The second kappa shape index (κ2) is 20.2. The van der Waals surface area contributed by atoms with E-state index in [4.69, 9.17) is 14.9 Å². The molecule has 4 nitrogen and oxygen atoms in total. The molecule has 0 amide bonds. The number of hydrogen-bond acceptors (Lipinski definition) is 4. The number of unbranched alkanes of at least 4 members (excludes halogenated alkanes) is 13. The lowest BCUT2D eigenvalue weighted by Crippen LogP contribution is -2.23. The number of aliphatic hydroxyl groups excluding tert-OH is 3. The van der Waals surface area contributed by atoms with Gasteiger partial charge in [0.05, 0.1) is 25.9 Å². The van der Waals surface area contributed by atoms with Crippen LogP contribution in [-0.2, 0) is 4.74 Å². The van der Waals surface area contributed by atoms with Gasteiger partial charge in [-0.2, -0.15) is 0 Å². The van der Waals surface area contributed by atoms with Gasteiger partial charge >= 0.3 is 0 Å². The topological polar surface area (TPSA) is 69.9 Å². The quantitative estimate of drug-likeness (QED) is 0.278. The van der Waals surface area contributed by atoms with E-state index in [9.17, 15) is 5.11 Å². The molecule has 0 aliphatic carbocycles. The van der Waals surface area contributed by atoms with Crippen molar-refractivity contribution in [3.63, 3.8) is 0 Å². The van der Waals surface area contributed by atoms with E-state index in [1.165, 1.54) is 83.5 Å². The van der Waals surface area contributed by atoms with E-state index in [2.05, 4.69) is 6.92 Å². The first-order valence-electron chi connectivity index (χ1n) is 10.8. The standard InChI is InChI=1S/C21H44O4/c1-2-3-4-5-6-7-8-9-10-11-12-13-14-15-16-20(23)18-25-19-21(24)17-22/h20-24H,2-19H2,1H3/t20-,21+/m1/s1. The Labute approximate surface area is 156 Å². The molecule has 3 N–H and O–H groups in total. The fraction of sp³-hybridized carbons (Fsp3) is 1.00. The summed E-state index contributed by atoms with van der Waals surface area (Å²) in [5.74, 6) is 0. The molecule has 0 aromatic carbocycles. The summed E-state index contributed by atoms with van der Waals surface area (Å²) in [7, 11) is 0. The molecule has 0 unspecified atom stereocenters. The van der Waals surface area contributed by atoms with Crippen molar-refractivity contribution in [3.05, 3.63) is 0 Å². The molecule has 0 aromatic heterocycles. The molecule has 0 fully saturated rings. The highest BCUT2D eigenvalue weighted by Gasteiger charge is 2.06. The highest BCUT2D eigenvalue weighted by atomic mass is 16.5. The molecule has 0 heterocycles. The second-order valence-corrected chi connectivity index (χ2v) is 7.41. The maximum atomic E-state index is 9.76. The second-order valence-electron chi connectivity index (χ2n) is 7.41. The smallest absolute Gasteiger partial charge is 0.100 e. The summed E-state index contributed by atoms with van der Waals surface area (Å²) in [6, 6.07) is 0. The Morgan fingerprint density at radius 1 is 0.600 bits per heavy atom. The Morgan fingerprint density at radius 2 is 1.00 bits per heavy atom. The summed E-state index contributed by atoms with van der Waals surface area (Å²) in [4.78, 5) is 0. The van der Waals surface area contributed by atoms with E-state index in [1.807, 2.05) is 0 Å². The van der Waals surface area contributed by atoms with E-state index in [0.29, 0.717) is 0 Å². The first kappa shape index (κ1) is 24.8. The third kappa shape index (κ3) is 20.0. The predicted octanol–water partition coefficient (Wildman–Crippen LogP) is 4.59.